The van der Waals surface area contributed by atoms with E-state index in [1.165, 1.54) is 25.1 Å². The van der Waals surface area contributed by atoms with E-state index in [-0.39, 0.29) is 10.9 Å². The molecule has 0 saturated carbocycles. The van der Waals surface area contributed by atoms with Gasteiger partial charge in [-0.3, -0.25) is 0 Å². The largest absolute Gasteiger partial charge is 0.434 e. The number of aromatic nitrogens is 1. The van der Waals surface area contributed by atoms with Crippen molar-refractivity contribution in [3.63, 3.8) is 0 Å². The first-order valence-corrected chi connectivity index (χ1v) is 5.71. The average Bonchev–Trinajstić information content (AvgIpc) is 2.72. The molecule has 0 aliphatic rings. The molecule has 0 spiro atoms. The number of rotatable bonds is 2. The Hall–Kier alpha value is -1.63. The number of ether oxygens (including phenoxy) is 1. The van der Waals surface area contributed by atoms with Crippen LogP contribution in [0, 0.1) is 12.7 Å². The smallest absolute Gasteiger partial charge is 0.431 e. The number of halogens is 4. The lowest BCUT2D eigenvalue weighted by Crippen LogP contribution is -2.04. The van der Waals surface area contributed by atoms with E-state index in [1.807, 2.05) is 0 Å². The fraction of sp³-hybridized carbons (Fsp3) is 0.182. The van der Waals surface area contributed by atoms with Crippen molar-refractivity contribution in [1.29, 1.82) is 0 Å². The van der Waals surface area contributed by atoms with Crippen LogP contribution in [-0.2, 0) is 6.18 Å². The SMILES string of the molecule is Cc1cc(Oc2nc(C(F)(F)F)cs2)ccc1F. The molecule has 1 aromatic carbocycles. The Kier molecular flexibility index (Phi) is 3.25. The van der Waals surface area contributed by atoms with Crippen LogP contribution in [0.3, 0.4) is 0 Å². The summed E-state index contributed by atoms with van der Waals surface area (Å²) >= 11 is 0.734. The van der Waals surface area contributed by atoms with E-state index < -0.39 is 17.7 Å². The van der Waals surface area contributed by atoms with E-state index in [2.05, 4.69) is 4.98 Å². The van der Waals surface area contributed by atoms with Crippen LogP contribution in [0.4, 0.5) is 17.6 Å². The van der Waals surface area contributed by atoms with Gasteiger partial charge in [0.25, 0.3) is 5.19 Å². The highest BCUT2D eigenvalue weighted by atomic mass is 32.1. The van der Waals surface area contributed by atoms with Crippen LogP contribution in [0.25, 0.3) is 0 Å². The van der Waals surface area contributed by atoms with Gasteiger partial charge in [0.05, 0.1) is 0 Å². The summed E-state index contributed by atoms with van der Waals surface area (Å²) in [7, 11) is 0. The van der Waals surface area contributed by atoms with Gasteiger partial charge in [-0.2, -0.15) is 18.2 Å². The van der Waals surface area contributed by atoms with Crippen molar-refractivity contribution in [2.24, 2.45) is 0 Å². The Balaban J connectivity index is 2.19. The molecular weight excluding hydrogens is 270 g/mol. The van der Waals surface area contributed by atoms with E-state index in [1.54, 1.807) is 0 Å². The minimum Gasteiger partial charge on any atom is -0.431 e. The van der Waals surface area contributed by atoms with Crippen LogP contribution >= 0.6 is 11.3 Å². The van der Waals surface area contributed by atoms with E-state index >= 15 is 0 Å². The van der Waals surface area contributed by atoms with E-state index in [0.717, 1.165) is 16.7 Å². The summed E-state index contributed by atoms with van der Waals surface area (Å²) in [5.74, 6) is -0.158. The summed E-state index contributed by atoms with van der Waals surface area (Å²) < 4.78 is 55.0. The number of alkyl halides is 3. The van der Waals surface area contributed by atoms with Crippen molar-refractivity contribution >= 4 is 11.3 Å². The molecule has 0 N–H and O–H groups in total. The number of hydrogen-bond acceptors (Lipinski definition) is 3. The Labute approximate surface area is 104 Å². The highest BCUT2D eigenvalue weighted by molar-refractivity contribution is 7.11. The monoisotopic (exact) mass is 277 g/mol. The quantitative estimate of drug-likeness (QED) is 0.759. The predicted molar refractivity (Wildman–Crippen MR) is 58.3 cm³/mol. The third kappa shape index (κ3) is 2.79. The lowest BCUT2D eigenvalue weighted by atomic mass is 10.2. The van der Waals surface area contributed by atoms with Gasteiger partial charge in [-0.15, -0.1) is 0 Å². The van der Waals surface area contributed by atoms with Gasteiger partial charge in [-0.05, 0) is 30.7 Å². The summed E-state index contributed by atoms with van der Waals surface area (Å²) in [6.07, 6.45) is -4.49. The normalized spacial score (nSPS) is 11.6. The second-order valence-corrected chi connectivity index (χ2v) is 4.33. The highest BCUT2D eigenvalue weighted by Gasteiger charge is 2.34. The van der Waals surface area contributed by atoms with Gasteiger partial charge in [0.15, 0.2) is 5.69 Å². The van der Waals surface area contributed by atoms with Crippen molar-refractivity contribution in [3.05, 3.63) is 40.7 Å². The minimum atomic E-state index is -4.49. The maximum atomic E-state index is 13.0. The van der Waals surface area contributed by atoms with Gasteiger partial charge in [0.2, 0.25) is 0 Å². The highest BCUT2D eigenvalue weighted by Crippen LogP contribution is 2.34. The molecule has 0 saturated heterocycles. The molecule has 18 heavy (non-hydrogen) atoms. The van der Waals surface area contributed by atoms with E-state index in [9.17, 15) is 17.6 Å². The molecule has 96 valence electrons. The molecule has 0 fully saturated rings. The van der Waals surface area contributed by atoms with Crippen LogP contribution < -0.4 is 4.74 Å². The molecule has 0 aliphatic carbocycles. The molecule has 7 heteroatoms. The average molecular weight is 277 g/mol. The number of thiazole rings is 1. The van der Waals surface area contributed by atoms with E-state index in [4.69, 9.17) is 4.74 Å². The zero-order chi connectivity index (χ0) is 13.3. The van der Waals surface area contributed by atoms with Crippen molar-refractivity contribution in [3.8, 4) is 10.9 Å². The Morgan fingerprint density at radius 1 is 1.28 bits per heavy atom. The molecule has 2 nitrogen and oxygen atoms in total. The molecule has 2 aromatic rings. The second-order valence-electron chi connectivity index (χ2n) is 3.51. The van der Waals surface area contributed by atoms with Crippen LogP contribution in [-0.4, -0.2) is 4.98 Å². The fourth-order valence-corrected chi connectivity index (χ4v) is 1.91. The summed E-state index contributed by atoms with van der Waals surface area (Å²) in [6.45, 7) is 1.53. The van der Waals surface area contributed by atoms with Gasteiger partial charge >= 0.3 is 6.18 Å². The van der Waals surface area contributed by atoms with Crippen LogP contribution in [0.5, 0.6) is 10.9 Å². The van der Waals surface area contributed by atoms with Gasteiger partial charge in [0.1, 0.15) is 11.6 Å². The van der Waals surface area contributed by atoms with Crippen LogP contribution in [0.15, 0.2) is 23.6 Å². The summed E-state index contributed by atoms with van der Waals surface area (Å²) in [4.78, 5) is 3.31. The molecule has 2 rings (SSSR count). The lowest BCUT2D eigenvalue weighted by molar-refractivity contribution is -0.140. The van der Waals surface area contributed by atoms with E-state index in [0.29, 0.717) is 5.56 Å². The van der Waals surface area contributed by atoms with Gasteiger partial charge in [-0.25, -0.2) is 4.39 Å². The number of hydrogen-bond donors (Lipinski definition) is 0. The Morgan fingerprint density at radius 3 is 2.56 bits per heavy atom. The molecule has 0 radical (unpaired) electrons. The Bertz CT molecular complexity index is 564. The third-order valence-corrected chi connectivity index (χ3v) is 2.83. The van der Waals surface area contributed by atoms with Crippen molar-refractivity contribution in [2.45, 2.75) is 13.1 Å². The topological polar surface area (TPSA) is 22.1 Å². The second kappa shape index (κ2) is 4.56. The van der Waals surface area contributed by atoms with Crippen LogP contribution in [0.1, 0.15) is 11.3 Å². The first-order valence-electron chi connectivity index (χ1n) is 4.83. The first-order chi connectivity index (χ1) is 8.36. The molecular formula is C11H7F4NOS. The molecule has 0 bridgehead atoms. The number of benzene rings is 1. The van der Waals surface area contributed by atoms with Crippen molar-refractivity contribution in [2.75, 3.05) is 0 Å². The van der Waals surface area contributed by atoms with Crippen molar-refractivity contribution in [1.82, 2.24) is 4.98 Å². The maximum absolute atomic E-state index is 13.0. The fourth-order valence-electron chi connectivity index (χ4n) is 1.22. The van der Waals surface area contributed by atoms with Crippen LogP contribution in [0.2, 0.25) is 0 Å². The third-order valence-electron chi connectivity index (χ3n) is 2.11. The Morgan fingerprint density at radius 2 is 2.00 bits per heavy atom. The standard InChI is InChI=1S/C11H7F4NOS/c1-6-4-7(2-3-8(6)12)17-10-16-9(5-18-10)11(13,14)15/h2-5H,1H3. The van der Waals surface area contributed by atoms with Crippen molar-refractivity contribution < 1.29 is 22.3 Å². The molecule has 0 atom stereocenters. The van der Waals surface area contributed by atoms with Gasteiger partial charge in [-0.1, -0.05) is 11.3 Å². The minimum absolute atomic E-state index is 0.131. The van der Waals surface area contributed by atoms with Gasteiger partial charge < -0.3 is 4.74 Å². The zero-order valence-corrected chi connectivity index (χ0v) is 9.90. The lowest BCUT2D eigenvalue weighted by Gasteiger charge is -2.03. The summed E-state index contributed by atoms with van der Waals surface area (Å²) in [6, 6.07) is 3.91. The van der Waals surface area contributed by atoms with Gasteiger partial charge in [0, 0.05) is 5.38 Å². The summed E-state index contributed by atoms with van der Waals surface area (Å²) in [5.41, 5.74) is -0.651. The zero-order valence-electron chi connectivity index (χ0n) is 9.08. The molecule has 0 amide bonds. The predicted octanol–water partition coefficient (Wildman–Crippen LogP) is 4.40. The molecule has 0 aliphatic heterocycles. The summed E-state index contributed by atoms with van der Waals surface area (Å²) in [5, 5.41) is 0.736. The number of aryl methyl sites for hydroxylation is 1. The number of nitrogens with zero attached hydrogens (tertiary/aromatic N) is 1. The molecule has 1 heterocycles. The molecule has 1 aromatic heterocycles. The first kappa shape index (κ1) is 12.8. The maximum Gasteiger partial charge on any atom is 0.434 e. The molecule has 0 unspecified atom stereocenters.